The van der Waals surface area contributed by atoms with Gasteiger partial charge < -0.3 is 10.1 Å². The van der Waals surface area contributed by atoms with Crippen LogP contribution in [0.25, 0.3) is 0 Å². The zero-order valence-corrected chi connectivity index (χ0v) is 13.6. The molecule has 118 valence electrons. The second kappa shape index (κ2) is 6.83. The highest BCUT2D eigenvalue weighted by molar-refractivity contribution is 6.20. The highest BCUT2D eigenvalue weighted by Crippen LogP contribution is 2.31. The van der Waals surface area contributed by atoms with Crippen molar-refractivity contribution in [1.82, 2.24) is 10.2 Å². The molecular formula is C16H19ClN2O3. The molecule has 0 bridgehead atoms. The first-order valence-electron chi connectivity index (χ1n) is 7.06. The number of carbonyl (C=O) groups is 2. The maximum absolute atomic E-state index is 12.4. The lowest BCUT2D eigenvalue weighted by Gasteiger charge is -2.33. The van der Waals surface area contributed by atoms with E-state index in [2.05, 4.69) is 5.32 Å². The van der Waals surface area contributed by atoms with Gasteiger partial charge in [-0.3, -0.25) is 4.90 Å². The Morgan fingerprint density at radius 2 is 2.00 bits per heavy atom. The van der Waals surface area contributed by atoms with Crippen molar-refractivity contribution in [2.45, 2.75) is 19.9 Å². The van der Waals surface area contributed by atoms with Crippen LogP contribution in [0, 0.1) is 6.92 Å². The van der Waals surface area contributed by atoms with E-state index in [9.17, 15) is 9.59 Å². The lowest BCUT2D eigenvalue weighted by molar-refractivity contribution is -0.139. The van der Waals surface area contributed by atoms with Crippen molar-refractivity contribution in [2.75, 3.05) is 19.5 Å². The molecule has 1 aliphatic heterocycles. The minimum absolute atomic E-state index is 0.0560. The van der Waals surface area contributed by atoms with E-state index in [-0.39, 0.29) is 18.5 Å². The molecular weight excluding hydrogens is 304 g/mol. The minimum atomic E-state index is -0.558. The van der Waals surface area contributed by atoms with Crippen LogP contribution in [-0.2, 0) is 9.53 Å². The van der Waals surface area contributed by atoms with Crippen LogP contribution < -0.4 is 5.32 Å². The van der Waals surface area contributed by atoms with Crippen LogP contribution in [0.15, 0.2) is 35.5 Å². The molecule has 1 heterocycles. The van der Waals surface area contributed by atoms with Crippen LogP contribution in [0.1, 0.15) is 24.1 Å². The SMILES string of the molecule is CCOC(=O)C1=C(CCl)N(C)C(=O)NC1c1ccc(C)cc1. The van der Waals surface area contributed by atoms with Crippen molar-refractivity contribution in [3.8, 4) is 0 Å². The number of urea groups is 1. The third kappa shape index (κ3) is 3.09. The van der Waals surface area contributed by atoms with E-state index >= 15 is 0 Å². The standard InChI is InChI=1S/C16H19ClN2O3/c1-4-22-15(20)13-12(9-17)19(3)16(21)18-14(13)11-7-5-10(2)6-8-11/h5-8,14H,4,9H2,1-3H3,(H,18,21). The van der Waals surface area contributed by atoms with Gasteiger partial charge in [-0.2, -0.15) is 0 Å². The summed E-state index contributed by atoms with van der Waals surface area (Å²) in [6.45, 7) is 3.98. The summed E-state index contributed by atoms with van der Waals surface area (Å²) in [5.74, 6) is -0.406. The molecule has 0 saturated carbocycles. The fourth-order valence-corrected chi connectivity index (χ4v) is 2.70. The number of nitrogens with one attached hydrogen (secondary N) is 1. The number of benzene rings is 1. The lowest BCUT2D eigenvalue weighted by atomic mass is 9.94. The fourth-order valence-electron chi connectivity index (χ4n) is 2.38. The van der Waals surface area contributed by atoms with Gasteiger partial charge in [0.05, 0.1) is 24.1 Å². The molecule has 1 unspecified atom stereocenters. The molecule has 1 atom stereocenters. The number of nitrogens with zero attached hydrogens (tertiary/aromatic N) is 1. The monoisotopic (exact) mass is 322 g/mol. The van der Waals surface area contributed by atoms with Gasteiger partial charge in [0.1, 0.15) is 0 Å². The number of ether oxygens (including phenoxy) is 1. The summed E-state index contributed by atoms with van der Waals surface area (Å²) in [7, 11) is 1.58. The highest BCUT2D eigenvalue weighted by atomic mass is 35.5. The Bertz CT molecular complexity index is 610. The predicted molar refractivity (Wildman–Crippen MR) is 84.6 cm³/mol. The van der Waals surface area contributed by atoms with E-state index in [4.69, 9.17) is 16.3 Å². The molecule has 2 rings (SSSR count). The second-order valence-corrected chi connectivity index (χ2v) is 5.33. The van der Waals surface area contributed by atoms with E-state index in [1.54, 1.807) is 14.0 Å². The van der Waals surface area contributed by atoms with Gasteiger partial charge in [-0.1, -0.05) is 29.8 Å². The zero-order chi connectivity index (χ0) is 16.3. The van der Waals surface area contributed by atoms with Crippen LogP contribution in [0.2, 0.25) is 0 Å². The molecule has 0 aromatic heterocycles. The first kappa shape index (κ1) is 16.4. The zero-order valence-electron chi connectivity index (χ0n) is 12.9. The van der Waals surface area contributed by atoms with Crippen molar-refractivity contribution in [2.24, 2.45) is 0 Å². The van der Waals surface area contributed by atoms with E-state index in [1.807, 2.05) is 31.2 Å². The number of hydrogen-bond donors (Lipinski definition) is 1. The van der Waals surface area contributed by atoms with Gasteiger partial charge in [-0.15, -0.1) is 11.6 Å². The van der Waals surface area contributed by atoms with Gasteiger partial charge in [0.15, 0.2) is 0 Å². The van der Waals surface area contributed by atoms with Crippen molar-refractivity contribution < 1.29 is 14.3 Å². The number of amides is 2. The van der Waals surface area contributed by atoms with Crippen LogP contribution in [0.3, 0.4) is 0 Å². The number of hydrogen-bond acceptors (Lipinski definition) is 3. The predicted octanol–water partition coefficient (Wildman–Crippen LogP) is 2.75. The number of alkyl halides is 1. The molecule has 0 radical (unpaired) electrons. The number of carbonyl (C=O) groups excluding carboxylic acids is 2. The third-order valence-corrected chi connectivity index (χ3v) is 3.86. The molecule has 2 amide bonds. The summed E-state index contributed by atoms with van der Waals surface area (Å²) in [5.41, 5.74) is 2.76. The molecule has 22 heavy (non-hydrogen) atoms. The van der Waals surface area contributed by atoms with Crippen molar-refractivity contribution >= 4 is 23.6 Å². The summed E-state index contributed by atoms with van der Waals surface area (Å²) in [6, 6.07) is 6.78. The van der Waals surface area contributed by atoms with E-state index < -0.39 is 12.0 Å². The maximum Gasteiger partial charge on any atom is 0.338 e. The van der Waals surface area contributed by atoms with Crippen LogP contribution in [0.4, 0.5) is 4.79 Å². The summed E-state index contributed by atoms with van der Waals surface area (Å²) >= 11 is 5.97. The van der Waals surface area contributed by atoms with Crippen LogP contribution in [0.5, 0.6) is 0 Å². The molecule has 0 saturated heterocycles. The topological polar surface area (TPSA) is 58.6 Å². The van der Waals surface area contributed by atoms with Crippen molar-refractivity contribution in [3.05, 3.63) is 46.7 Å². The first-order chi connectivity index (χ1) is 10.5. The molecule has 1 aromatic rings. The maximum atomic E-state index is 12.4. The van der Waals surface area contributed by atoms with Crippen LogP contribution >= 0.6 is 11.6 Å². The molecule has 1 aromatic carbocycles. The molecule has 0 spiro atoms. The summed E-state index contributed by atoms with van der Waals surface area (Å²) in [4.78, 5) is 25.8. The van der Waals surface area contributed by atoms with Gasteiger partial charge in [-0.25, -0.2) is 9.59 Å². The van der Waals surface area contributed by atoms with Gasteiger partial charge in [-0.05, 0) is 19.4 Å². The Labute approximate surface area is 134 Å². The molecule has 5 nitrogen and oxygen atoms in total. The molecule has 6 heteroatoms. The summed E-state index contributed by atoms with van der Waals surface area (Å²) in [6.07, 6.45) is 0. The molecule has 1 N–H and O–H groups in total. The van der Waals surface area contributed by atoms with Crippen molar-refractivity contribution in [3.63, 3.8) is 0 Å². The summed E-state index contributed by atoms with van der Waals surface area (Å²) in [5, 5.41) is 2.83. The Morgan fingerprint density at radius 3 is 2.55 bits per heavy atom. The average molecular weight is 323 g/mol. The van der Waals surface area contributed by atoms with Crippen LogP contribution in [-0.4, -0.2) is 36.4 Å². The van der Waals surface area contributed by atoms with Crippen molar-refractivity contribution in [1.29, 1.82) is 0 Å². The number of allylic oxidation sites excluding steroid dienone is 1. The number of halogens is 1. The molecule has 0 fully saturated rings. The van der Waals surface area contributed by atoms with E-state index in [0.29, 0.717) is 11.3 Å². The quantitative estimate of drug-likeness (QED) is 0.685. The Morgan fingerprint density at radius 1 is 1.36 bits per heavy atom. The van der Waals surface area contributed by atoms with Gasteiger partial charge >= 0.3 is 12.0 Å². The smallest absolute Gasteiger partial charge is 0.338 e. The number of aryl methyl sites for hydroxylation is 1. The Hall–Kier alpha value is -2.01. The normalized spacial score (nSPS) is 18.3. The molecule has 0 aliphatic carbocycles. The summed E-state index contributed by atoms with van der Waals surface area (Å²) < 4.78 is 5.14. The lowest BCUT2D eigenvalue weighted by Crippen LogP contribution is -2.47. The first-order valence-corrected chi connectivity index (χ1v) is 7.60. The van der Waals surface area contributed by atoms with E-state index in [1.165, 1.54) is 4.90 Å². The fraction of sp³-hybridized carbons (Fsp3) is 0.375. The van der Waals surface area contributed by atoms with E-state index in [0.717, 1.165) is 11.1 Å². The minimum Gasteiger partial charge on any atom is -0.463 e. The second-order valence-electron chi connectivity index (χ2n) is 5.07. The average Bonchev–Trinajstić information content (AvgIpc) is 2.50. The molecule has 1 aliphatic rings. The highest BCUT2D eigenvalue weighted by Gasteiger charge is 2.36. The van der Waals surface area contributed by atoms with Gasteiger partial charge in [0.2, 0.25) is 0 Å². The third-order valence-electron chi connectivity index (χ3n) is 3.61. The number of esters is 1. The Kier molecular flexibility index (Phi) is 5.08. The largest absolute Gasteiger partial charge is 0.463 e. The van der Waals surface area contributed by atoms with Gasteiger partial charge in [0.25, 0.3) is 0 Å². The van der Waals surface area contributed by atoms with Gasteiger partial charge in [0, 0.05) is 12.7 Å². The Balaban J connectivity index is 2.53. The number of rotatable bonds is 4.